The molecule has 1 aliphatic rings. The molecule has 0 fully saturated rings. The highest BCUT2D eigenvalue weighted by Gasteiger charge is 2.34. The molecule has 0 unspecified atom stereocenters. The Hall–Kier alpha value is -2.52. The molecule has 0 bridgehead atoms. The first-order chi connectivity index (χ1) is 15.1. The predicted octanol–water partition coefficient (Wildman–Crippen LogP) is 7.81. The van der Waals surface area contributed by atoms with Gasteiger partial charge in [0.15, 0.2) is 11.6 Å². The summed E-state index contributed by atoms with van der Waals surface area (Å²) in [7, 11) is 0. The van der Waals surface area contributed by atoms with E-state index in [1.165, 1.54) is 53.0 Å². The lowest BCUT2D eigenvalue weighted by Gasteiger charge is -2.06. The monoisotopic (exact) mass is 509 g/mol. The summed E-state index contributed by atoms with van der Waals surface area (Å²) in [6, 6.07) is 9.40. The number of Topliss-reactive ketones (excluding diaryl/α,β-unsaturated/α-hetero) is 2. The third kappa shape index (κ3) is 3.57. The number of allylic oxidation sites excluding steroid dienone is 1. The summed E-state index contributed by atoms with van der Waals surface area (Å²) in [4.78, 5) is 31.2. The maximum atomic E-state index is 12.8. The molecule has 0 radical (unpaired) electrons. The molecule has 2 aromatic heterocycles. The van der Waals surface area contributed by atoms with E-state index in [1.54, 1.807) is 6.07 Å². The second kappa shape index (κ2) is 7.52. The molecule has 1 aliphatic carbocycles. The van der Waals surface area contributed by atoms with E-state index in [4.69, 9.17) is 23.2 Å². The Labute approximate surface area is 196 Å². The molecule has 0 atom stereocenters. The van der Waals surface area contributed by atoms with Crippen molar-refractivity contribution in [2.45, 2.75) is 6.18 Å². The van der Waals surface area contributed by atoms with Crippen molar-refractivity contribution in [1.29, 1.82) is 0 Å². The van der Waals surface area contributed by atoms with E-state index in [2.05, 4.69) is 4.98 Å². The predicted molar refractivity (Wildman–Crippen MR) is 121 cm³/mol. The van der Waals surface area contributed by atoms with Gasteiger partial charge in [-0.3, -0.25) is 9.59 Å². The molecule has 160 valence electrons. The van der Waals surface area contributed by atoms with Crippen LogP contribution in [0.1, 0.15) is 31.2 Å². The standard InChI is InChI=1S/C22H8Cl2F3NO2S2/c23-15-7-12-13(8-16(15)24)19(30)14(18(12)29)5-11-6-17-21(31-11)28-20(32-17)9-1-3-10(4-2-9)22(25,26)27/h1-8H. The average molecular weight is 510 g/mol. The zero-order chi connectivity index (χ0) is 22.8. The number of carbonyl (C=O) groups is 2. The number of nitrogens with zero attached hydrogens (tertiary/aromatic N) is 1. The molecule has 0 N–H and O–H groups in total. The lowest BCUT2D eigenvalue weighted by atomic mass is 10.1. The molecule has 0 saturated heterocycles. The highest BCUT2D eigenvalue weighted by Crippen LogP contribution is 2.39. The van der Waals surface area contributed by atoms with E-state index in [0.717, 1.165) is 16.8 Å². The van der Waals surface area contributed by atoms with Gasteiger partial charge in [0, 0.05) is 21.6 Å². The number of rotatable bonds is 2. The zero-order valence-corrected chi connectivity index (χ0v) is 18.7. The number of thiazole rings is 1. The number of carbonyl (C=O) groups excluding carboxylic acids is 2. The summed E-state index contributed by atoms with van der Waals surface area (Å²) >= 11 is 14.5. The second-order valence-corrected chi connectivity index (χ2v) is 9.85. The van der Waals surface area contributed by atoms with Crippen molar-refractivity contribution in [1.82, 2.24) is 4.98 Å². The van der Waals surface area contributed by atoms with Crippen molar-refractivity contribution in [2.24, 2.45) is 0 Å². The summed E-state index contributed by atoms with van der Waals surface area (Å²) in [5.41, 5.74) is 0.323. The van der Waals surface area contributed by atoms with Crippen LogP contribution < -0.4 is 0 Å². The van der Waals surface area contributed by atoms with Crippen molar-refractivity contribution in [2.75, 3.05) is 0 Å². The van der Waals surface area contributed by atoms with Gasteiger partial charge in [-0.05, 0) is 36.4 Å². The minimum atomic E-state index is -4.39. The third-order valence-corrected chi connectivity index (χ3v) is 7.77. The SMILES string of the molecule is O=C1C(=Cc2cc3sc(-c4ccc(C(F)(F)F)cc4)nc3s2)C(=O)c2cc(Cl)c(Cl)cc21. The number of thiophene rings is 1. The highest BCUT2D eigenvalue weighted by molar-refractivity contribution is 7.29. The van der Waals surface area contributed by atoms with Gasteiger partial charge < -0.3 is 0 Å². The van der Waals surface area contributed by atoms with Crippen molar-refractivity contribution in [3.05, 3.63) is 79.7 Å². The van der Waals surface area contributed by atoms with Gasteiger partial charge in [-0.15, -0.1) is 22.7 Å². The van der Waals surface area contributed by atoms with E-state index in [-0.39, 0.29) is 26.7 Å². The molecule has 0 saturated carbocycles. The number of hydrogen-bond acceptors (Lipinski definition) is 5. The van der Waals surface area contributed by atoms with Gasteiger partial charge in [-0.1, -0.05) is 35.3 Å². The van der Waals surface area contributed by atoms with E-state index in [9.17, 15) is 22.8 Å². The number of ketones is 2. The maximum absolute atomic E-state index is 12.8. The second-order valence-electron chi connectivity index (χ2n) is 6.94. The van der Waals surface area contributed by atoms with Crippen LogP contribution in [0.2, 0.25) is 10.0 Å². The van der Waals surface area contributed by atoms with Crippen LogP contribution in [-0.4, -0.2) is 16.6 Å². The van der Waals surface area contributed by atoms with Crippen LogP contribution in [0.4, 0.5) is 13.2 Å². The molecule has 3 nitrogen and oxygen atoms in total. The lowest BCUT2D eigenvalue weighted by molar-refractivity contribution is -0.137. The molecule has 4 aromatic rings. The Kier molecular flexibility index (Phi) is 5.01. The van der Waals surface area contributed by atoms with Crippen LogP contribution in [0.5, 0.6) is 0 Å². The van der Waals surface area contributed by atoms with Crippen LogP contribution in [0.15, 0.2) is 48.0 Å². The van der Waals surface area contributed by atoms with Crippen LogP contribution in [0, 0.1) is 0 Å². The Bertz CT molecular complexity index is 1390. The maximum Gasteiger partial charge on any atom is 0.416 e. The molecule has 32 heavy (non-hydrogen) atoms. The zero-order valence-electron chi connectivity index (χ0n) is 15.6. The summed E-state index contributed by atoms with van der Waals surface area (Å²) in [6.07, 6.45) is -2.88. The number of aromatic nitrogens is 1. The van der Waals surface area contributed by atoms with E-state index in [0.29, 0.717) is 20.3 Å². The van der Waals surface area contributed by atoms with Crippen LogP contribution in [0.3, 0.4) is 0 Å². The smallest absolute Gasteiger partial charge is 0.288 e. The van der Waals surface area contributed by atoms with Gasteiger partial charge >= 0.3 is 6.18 Å². The average Bonchev–Trinajstić information content (AvgIpc) is 3.36. The van der Waals surface area contributed by atoms with Gasteiger partial charge in [0.2, 0.25) is 0 Å². The summed E-state index contributed by atoms with van der Waals surface area (Å²) in [5, 5.41) is 0.984. The Balaban J connectivity index is 1.46. The number of alkyl halides is 3. The first-order valence-corrected chi connectivity index (χ1v) is 11.4. The molecule has 10 heteroatoms. The van der Waals surface area contributed by atoms with Crippen LogP contribution in [-0.2, 0) is 6.18 Å². The van der Waals surface area contributed by atoms with E-state index in [1.807, 2.05) is 0 Å². The molecular formula is C22H8Cl2F3NO2S2. The molecule has 5 rings (SSSR count). The van der Waals surface area contributed by atoms with Gasteiger partial charge in [0.1, 0.15) is 9.84 Å². The van der Waals surface area contributed by atoms with Crippen molar-refractivity contribution in [3.8, 4) is 10.6 Å². The highest BCUT2D eigenvalue weighted by atomic mass is 35.5. The molecule has 2 aromatic carbocycles. The summed E-state index contributed by atoms with van der Waals surface area (Å²) in [5.74, 6) is -0.836. The normalized spacial score (nSPS) is 13.8. The van der Waals surface area contributed by atoms with Crippen molar-refractivity contribution < 1.29 is 22.8 Å². The van der Waals surface area contributed by atoms with Gasteiger partial charge in [0.05, 0.1) is 25.9 Å². The van der Waals surface area contributed by atoms with Crippen LogP contribution >= 0.6 is 45.9 Å². The van der Waals surface area contributed by atoms with Gasteiger partial charge in [-0.25, -0.2) is 4.98 Å². The van der Waals surface area contributed by atoms with Gasteiger partial charge in [0.25, 0.3) is 0 Å². The Morgan fingerprint density at radius 2 is 1.47 bits per heavy atom. The molecule has 0 aliphatic heterocycles. The first-order valence-electron chi connectivity index (χ1n) is 9.00. The quantitative estimate of drug-likeness (QED) is 0.204. The summed E-state index contributed by atoms with van der Waals surface area (Å²) in [6.45, 7) is 0. The number of benzene rings is 2. The van der Waals surface area contributed by atoms with E-state index >= 15 is 0 Å². The Morgan fingerprint density at radius 3 is 2.00 bits per heavy atom. The van der Waals surface area contributed by atoms with Crippen molar-refractivity contribution in [3.63, 3.8) is 0 Å². The largest absolute Gasteiger partial charge is 0.416 e. The third-order valence-electron chi connectivity index (χ3n) is 4.89. The topological polar surface area (TPSA) is 47.0 Å². The fourth-order valence-electron chi connectivity index (χ4n) is 3.34. The Morgan fingerprint density at radius 1 is 0.875 bits per heavy atom. The summed E-state index contributed by atoms with van der Waals surface area (Å²) < 4.78 is 39.1. The molecule has 0 spiro atoms. The molecular weight excluding hydrogens is 502 g/mol. The van der Waals surface area contributed by atoms with Crippen LogP contribution in [0.25, 0.3) is 26.2 Å². The van der Waals surface area contributed by atoms with Crippen molar-refractivity contribution >= 4 is 73.0 Å². The number of hydrogen-bond donors (Lipinski definition) is 0. The minimum Gasteiger partial charge on any atom is -0.288 e. The molecule has 2 heterocycles. The minimum absolute atomic E-state index is 0.0233. The lowest BCUT2D eigenvalue weighted by Crippen LogP contribution is -2.03. The first kappa shape index (κ1) is 21.3. The fourth-order valence-corrected chi connectivity index (χ4v) is 5.84. The van der Waals surface area contributed by atoms with E-state index < -0.39 is 23.3 Å². The fraction of sp³-hybridized carbons (Fsp3) is 0.0455. The number of fused-ring (bicyclic) bond motifs is 2. The van der Waals surface area contributed by atoms with Gasteiger partial charge in [-0.2, -0.15) is 13.2 Å². The number of halogens is 5. The molecule has 0 amide bonds.